The van der Waals surface area contributed by atoms with Gasteiger partial charge >= 0.3 is 0 Å². The average Bonchev–Trinajstić information content (AvgIpc) is 3.04. The topological polar surface area (TPSA) is 43.6 Å². The van der Waals surface area contributed by atoms with E-state index >= 15 is 0 Å². The second-order valence-electron chi connectivity index (χ2n) is 5.57. The Balaban J connectivity index is 1.76. The van der Waals surface area contributed by atoms with Crippen LogP contribution < -0.4 is 5.32 Å². The summed E-state index contributed by atoms with van der Waals surface area (Å²) in [5.41, 5.74) is 1.14. The summed E-state index contributed by atoms with van der Waals surface area (Å²) in [5, 5.41) is 3.51. The smallest absolute Gasteiger partial charge is 0.177 e. The van der Waals surface area contributed by atoms with E-state index in [9.17, 15) is 0 Å². The van der Waals surface area contributed by atoms with Crippen molar-refractivity contribution in [1.82, 2.24) is 5.32 Å². The summed E-state index contributed by atoms with van der Waals surface area (Å²) in [6.45, 7) is 4.04. The van der Waals surface area contributed by atoms with E-state index in [-0.39, 0.29) is 6.04 Å². The number of halogens is 1. The van der Waals surface area contributed by atoms with E-state index in [0.29, 0.717) is 6.54 Å². The minimum absolute atomic E-state index is 0.0333. The van der Waals surface area contributed by atoms with Crippen molar-refractivity contribution >= 4 is 15.9 Å². The quantitative estimate of drug-likeness (QED) is 0.873. The Morgan fingerprint density at radius 1 is 1.18 bits per heavy atom. The normalized spacial score (nSPS) is 19.0. The number of furan rings is 1. The molecule has 1 aromatic carbocycles. The van der Waals surface area contributed by atoms with Gasteiger partial charge in [-0.05, 0) is 43.2 Å². The third-order valence-electron chi connectivity index (χ3n) is 3.76. The predicted octanol–water partition coefficient (Wildman–Crippen LogP) is 3.87. The van der Waals surface area contributed by atoms with Crippen LogP contribution in [0.15, 0.2) is 51.6 Å². The third-order valence-corrected chi connectivity index (χ3v) is 4.29. The molecular formula is C17H20BrNO3. The number of nitrogens with one attached hydrogen (secondary N) is 1. The Labute approximate surface area is 138 Å². The maximum atomic E-state index is 5.77. The van der Waals surface area contributed by atoms with Gasteiger partial charge in [-0.15, -0.1) is 0 Å². The summed E-state index contributed by atoms with van der Waals surface area (Å²) < 4.78 is 18.2. The van der Waals surface area contributed by atoms with Crippen LogP contribution in [0.2, 0.25) is 0 Å². The molecular weight excluding hydrogens is 346 g/mol. The van der Waals surface area contributed by atoms with Crippen molar-refractivity contribution in [1.29, 1.82) is 0 Å². The highest BCUT2D eigenvalue weighted by Crippen LogP contribution is 2.26. The van der Waals surface area contributed by atoms with Crippen LogP contribution in [-0.2, 0) is 9.47 Å². The van der Waals surface area contributed by atoms with Crippen molar-refractivity contribution in [3.05, 3.63) is 58.5 Å². The number of hydrogen-bond acceptors (Lipinski definition) is 4. The van der Waals surface area contributed by atoms with Crippen molar-refractivity contribution in [2.75, 3.05) is 19.8 Å². The first kappa shape index (κ1) is 15.7. The molecule has 5 heteroatoms. The van der Waals surface area contributed by atoms with Crippen LogP contribution in [0.1, 0.15) is 30.7 Å². The lowest BCUT2D eigenvalue weighted by Gasteiger charge is -2.35. The molecule has 118 valence electrons. The summed E-state index contributed by atoms with van der Waals surface area (Å²) in [4.78, 5) is 0. The van der Waals surface area contributed by atoms with Gasteiger partial charge in [-0.3, -0.25) is 5.32 Å². The fourth-order valence-electron chi connectivity index (χ4n) is 2.56. The highest BCUT2D eigenvalue weighted by molar-refractivity contribution is 9.10. The average molecular weight is 366 g/mol. The minimum atomic E-state index is -0.585. The monoisotopic (exact) mass is 365 g/mol. The van der Waals surface area contributed by atoms with Crippen LogP contribution in [0, 0.1) is 0 Å². The zero-order valence-electron chi connectivity index (χ0n) is 12.5. The fourth-order valence-corrected chi connectivity index (χ4v) is 2.82. The summed E-state index contributed by atoms with van der Waals surface area (Å²) in [7, 11) is 0. The van der Waals surface area contributed by atoms with Crippen LogP contribution in [0.4, 0.5) is 0 Å². The number of rotatable bonds is 5. The van der Waals surface area contributed by atoms with Crippen LogP contribution in [-0.4, -0.2) is 25.5 Å². The van der Waals surface area contributed by atoms with E-state index in [1.165, 1.54) is 0 Å². The van der Waals surface area contributed by atoms with Gasteiger partial charge in [-0.25, -0.2) is 0 Å². The lowest BCUT2D eigenvalue weighted by Crippen LogP contribution is -2.47. The molecule has 22 heavy (non-hydrogen) atoms. The van der Waals surface area contributed by atoms with Crippen molar-refractivity contribution in [3.8, 4) is 0 Å². The minimum Gasteiger partial charge on any atom is -0.467 e. The van der Waals surface area contributed by atoms with Gasteiger partial charge in [0.1, 0.15) is 5.76 Å². The Morgan fingerprint density at radius 3 is 2.55 bits per heavy atom. The lowest BCUT2D eigenvalue weighted by molar-refractivity contribution is -0.252. The van der Waals surface area contributed by atoms with Crippen molar-refractivity contribution in [2.24, 2.45) is 0 Å². The first-order valence-corrected chi connectivity index (χ1v) is 8.26. The molecule has 0 aliphatic carbocycles. The molecule has 1 aliphatic rings. The summed E-state index contributed by atoms with van der Waals surface area (Å²) in [6.07, 6.45) is 2.64. The highest BCUT2D eigenvalue weighted by Gasteiger charge is 2.30. The van der Waals surface area contributed by atoms with Crippen LogP contribution in [0.25, 0.3) is 0 Å². The van der Waals surface area contributed by atoms with Crippen molar-refractivity contribution in [2.45, 2.75) is 25.2 Å². The standard InChI is InChI=1S/C17H20BrNO3/c1-17(21-10-3-11-22-17)12-19-16(15-4-2-9-20-15)13-5-7-14(18)8-6-13/h2,4-9,16,19H,3,10-12H2,1H3/t16-/m1/s1. The van der Waals surface area contributed by atoms with E-state index in [2.05, 4.69) is 33.4 Å². The van der Waals surface area contributed by atoms with Gasteiger partial charge in [-0.1, -0.05) is 28.1 Å². The van der Waals surface area contributed by atoms with E-state index in [0.717, 1.165) is 35.4 Å². The third kappa shape index (κ3) is 3.79. The second kappa shape index (κ2) is 6.96. The SMILES string of the molecule is CC1(CN[C@H](c2ccc(Br)cc2)c2ccco2)OCCCO1. The maximum Gasteiger partial charge on any atom is 0.177 e. The van der Waals surface area contributed by atoms with E-state index in [1.54, 1.807) is 6.26 Å². The molecule has 0 saturated carbocycles. The Hall–Kier alpha value is -1.14. The van der Waals surface area contributed by atoms with Crippen LogP contribution in [0.5, 0.6) is 0 Å². The number of ether oxygens (including phenoxy) is 2. The zero-order valence-corrected chi connectivity index (χ0v) is 14.1. The molecule has 1 atom stereocenters. The van der Waals surface area contributed by atoms with Crippen molar-refractivity contribution < 1.29 is 13.9 Å². The van der Waals surface area contributed by atoms with Gasteiger partial charge in [0.05, 0.1) is 32.1 Å². The zero-order chi connectivity index (χ0) is 15.4. The Morgan fingerprint density at radius 2 is 1.91 bits per heavy atom. The van der Waals surface area contributed by atoms with E-state index in [1.807, 2.05) is 31.2 Å². The first-order chi connectivity index (χ1) is 10.7. The molecule has 2 heterocycles. The van der Waals surface area contributed by atoms with Gasteiger partial charge < -0.3 is 13.9 Å². The highest BCUT2D eigenvalue weighted by atomic mass is 79.9. The predicted molar refractivity (Wildman–Crippen MR) is 87.6 cm³/mol. The largest absolute Gasteiger partial charge is 0.467 e. The molecule has 1 saturated heterocycles. The molecule has 0 bridgehead atoms. The molecule has 0 unspecified atom stereocenters. The van der Waals surface area contributed by atoms with E-state index in [4.69, 9.17) is 13.9 Å². The molecule has 0 spiro atoms. The summed E-state index contributed by atoms with van der Waals surface area (Å²) >= 11 is 3.47. The van der Waals surface area contributed by atoms with E-state index < -0.39 is 5.79 Å². The second-order valence-corrected chi connectivity index (χ2v) is 6.48. The molecule has 1 aliphatic heterocycles. The van der Waals surface area contributed by atoms with Gasteiger partial charge in [0.15, 0.2) is 5.79 Å². The number of hydrogen-bond donors (Lipinski definition) is 1. The molecule has 0 radical (unpaired) electrons. The molecule has 4 nitrogen and oxygen atoms in total. The Kier molecular flexibility index (Phi) is 4.98. The van der Waals surface area contributed by atoms with Gasteiger partial charge in [-0.2, -0.15) is 0 Å². The fraction of sp³-hybridized carbons (Fsp3) is 0.412. The summed E-state index contributed by atoms with van der Waals surface area (Å²) in [5.74, 6) is 0.292. The Bertz CT molecular complexity index is 576. The maximum absolute atomic E-state index is 5.77. The molecule has 1 fully saturated rings. The molecule has 0 amide bonds. The molecule has 1 N–H and O–H groups in total. The van der Waals surface area contributed by atoms with Crippen LogP contribution in [0.3, 0.4) is 0 Å². The number of benzene rings is 1. The first-order valence-electron chi connectivity index (χ1n) is 7.46. The van der Waals surface area contributed by atoms with Crippen molar-refractivity contribution in [3.63, 3.8) is 0 Å². The van der Waals surface area contributed by atoms with Gasteiger partial charge in [0, 0.05) is 4.47 Å². The van der Waals surface area contributed by atoms with Gasteiger partial charge in [0.25, 0.3) is 0 Å². The molecule has 2 aromatic rings. The van der Waals surface area contributed by atoms with Gasteiger partial charge in [0.2, 0.25) is 0 Å². The summed E-state index contributed by atoms with van der Waals surface area (Å²) in [6, 6.07) is 12.1. The molecule has 1 aromatic heterocycles. The van der Waals surface area contributed by atoms with Crippen LogP contribution >= 0.6 is 15.9 Å². The lowest BCUT2D eigenvalue weighted by atomic mass is 10.0. The molecule has 3 rings (SSSR count).